The summed E-state index contributed by atoms with van der Waals surface area (Å²) in [6, 6.07) is 4.08. The summed E-state index contributed by atoms with van der Waals surface area (Å²) in [5.74, 6) is 1.69. The van der Waals surface area contributed by atoms with Crippen LogP contribution in [-0.2, 0) is 9.53 Å². The molecule has 0 saturated heterocycles. The Balaban J connectivity index is 1.55. The summed E-state index contributed by atoms with van der Waals surface area (Å²) < 4.78 is 5.56. The van der Waals surface area contributed by atoms with Gasteiger partial charge in [-0.2, -0.15) is 0 Å². The van der Waals surface area contributed by atoms with Gasteiger partial charge in [-0.3, -0.25) is 4.79 Å². The number of carbonyl (C=O) groups excluding carboxylic acids is 1. The van der Waals surface area contributed by atoms with Gasteiger partial charge in [-0.25, -0.2) is 0 Å². The van der Waals surface area contributed by atoms with E-state index in [9.17, 15) is 9.90 Å². The first-order chi connectivity index (χ1) is 12.4. The molecule has 1 aromatic rings. The second-order valence-corrected chi connectivity index (χ2v) is 9.76. The van der Waals surface area contributed by atoms with Crippen molar-refractivity contribution < 1.29 is 14.6 Å². The fourth-order valence-electron chi connectivity index (χ4n) is 5.88. The van der Waals surface area contributed by atoms with E-state index in [0.717, 1.165) is 30.1 Å². The molecule has 0 bridgehead atoms. The summed E-state index contributed by atoms with van der Waals surface area (Å²) in [7, 11) is 0. The first kappa shape index (κ1) is 19.9. The molecule has 0 spiro atoms. The van der Waals surface area contributed by atoms with Crippen LogP contribution >= 0.6 is 11.3 Å². The summed E-state index contributed by atoms with van der Waals surface area (Å²) in [6.45, 7) is 6.32. The monoisotopic (exact) mass is 378 g/mol. The van der Waals surface area contributed by atoms with Crippen molar-refractivity contribution in [2.75, 3.05) is 0 Å². The van der Waals surface area contributed by atoms with Crippen LogP contribution < -0.4 is 0 Å². The number of esters is 1. The summed E-state index contributed by atoms with van der Waals surface area (Å²) in [5.41, 5.74) is 0.320. The van der Waals surface area contributed by atoms with Crippen LogP contribution in [0.5, 0.6) is 0 Å². The molecule has 2 fully saturated rings. The number of hydrogen-bond donors (Lipinski definition) is 1. The van der Waals surface area contributed by atoms with E-state index in [1.807, 2.05) is 11.4 Å². The van der Waals surface area contributed by atoms with Gasteiger partial charge in [0, 0.05) is 11.8 Å². The Morgan fingerprint density at radius 3 is 2.88 bits per heavy atom. The lowest BCUT2D eigenvalue weighted by Gasteiger charge is -2.45. The Morgan fingerprint density at radius 1 is 1.38 bits per heavy atom. The quantitative estimate of drug-likeness (QED) is 0.616. The highest BCUT2D eigenvalue weighted by molar-refractivity contribution is 7.10. The van der Waals surface area contributed by atoms with Crippen LogP contribution in [0, 0.1) is 23.2 Å². The highest BCUT2D eigenvalue weighted by atomic mass is 32.1. The van der Waals surface area contributed by atoms with Crippen LogP contribution in [-0.4, -0.2) is 17.2 Å². The molecule has 2 aliphatic carbocycles. The van der Waals surface area contributed by atoms with Crippen molar-refractivity contribution >= 4 is 17.3 Å². The Bertz CT molecular complexity index is 584. The molecule has 26 heavy (non-hydrogen) atoms. The number of carbonyl (C=O) groups is 1. The number of hydrogen-bond acceptors (Lipinski definition) is 4. The summed E-state index contributed by atoms with van der Waals surface area (Å²) in [6.07, 6.45) is 8.87. The van der Waals surface area contributed by atoms with Gasteiger partial charge in [0.05, 0.1) is 6.10 Å². The first-order valence-corrected chi connectivity index (χ1v) is 11.2. The van der Waals surface area contributed by atoms with Gasteiger partial charge in [0.2, 0.25) is 0 Å². The third-order valence-electron chi connectivity index (χ3n) is 7.14. The molecule has 6 atom stereocenters. The van der Waals surface area contributed by atoms with Gasteiger partial charge in [-0.05, 0) is 73.1 Å². The van der Waals surface area contributed by atoms with Gasteiger partial charge in [-0.1, -0.05) is 32.8 Å². The number of fused-ring (bicyclic) bond motifs is 1. The maximum absolute atomic E-state index is 11.4. The zero-order valence-electron chi connectivity index (χ0n) is 16.4. The van der Waals surface area contributed by atoms with Crippen LogP contribution in [0.15, 0.2) is 17.5 Å². The molecule has 0 aromatic carbocycles. The lowest BCUT2D eigenvalue weighted by molar-refractivity contribution is -0.147. The van der Waals surface area contributed by atoms with E-state index < -0.39 is 0 Å². The van der Waals surface area contributed by atoms with E-state index in [2.05, 4.69) is 19.9 Å². The highest BCUT2D eigenvalue weighted by Gasteiger charge is 2.51. The van der Waals surface area contributed by atoms with E-state index in [0.29, 0.717) is 17.3 Å². The average molecular weight is 379 g/mol. The van der Waals surface area contributed by atoms with Crippen molar-refractivity contribution in [3.63, 3.8) is 0 Å². The number of thiophene rings is 1. The SMILES string of the molecule is CC(=O)OC(CCCC(C)[C@H]1CC[C@H]2[C@@H](O)CCC[C@]12C)c1cccs1. The van der Waals surface area contributed by atoms with Crippen LogP contribution in [0.2, 0.25) is 0 Å². The van der Waals surface area contributed by atoms with Crippen LogP contribution in [0.4, 0.5) is 0 Å². The van der Waals surface area contributed by atoms with Gasteiger partial charge in [0.25, 0.3) is 0 Å². The number of aliphatic hydroxyl groups excluding tert-OH is 1. The average Bonchev–Trinajstić information content (AvgIpc) is 3.21. The molecule has 1 aromatic heterocycles. The number of ether oxygens (including phenoxy) is 1. The van der Waals surface area contributed by atoms with Crippen molar-refractivity contribution in [2.24, 2.45) is 23.2 Å². The Hall–Kier alpha value is -0.870. The van der Waals surface area contributed by atoms with E-state index >= 15 is 0 Å². The molecular weight excluding hydrogens is 344 g/mol. The molecule has 1 heterocycles. The molecule has 2 saturated carbocycles. The van der Waals surface area contributed by atoms with Gasteiger partial charge in [-0.15, -0.1) is 11.3 Å². The lowest BCUT2D eigenvalue weighted by Crippen LogP contribution is -2.41. The van der Waals surface area contributed by atoms with Gasteiger partial charge in [0.15, 0.2) is 0 Å². The number of aliphatic hydroxyl groups is 1. The molecule has 3 nitrogen and oxygen atoms in total. The molecule has 146 valence electrons. The maximum Gasteiger partial charge on any atom is 0.303 e. The van der Waals surface area contributed by atoms with E-state index in [-0.39, 0.29) is 18.2 Å². The van der Waals surface area contributed by atoms with E-state index in [1.54, 1.807) is 11.3 Å². The standard InChI is InChI=1S/C22H34O3S/c1-15(17-11-12-18-19(24)8-5-13-22(17,18)3)7-4-9-20(25-16(2)23)21-10-6-14-26-21/h6,10,14-15,17-20,24H,4-5,7-9,11-13H2,1-3H3/t15?,17-,18+,19+,20?,22-/m1/s1. The molecule has 2 aliphatic rings. The van der Waals surface area contributed by atoms with Crippen molar-refractivity contribution in [3.05, 3.63) is 22.4 Å². The van der Waals surface area contributed by atoms with Crippen molar-refractivity contribution in [2.45, 2.75) is 84.3 Å². The third-order valence-corrected chi connectivity index (χ3v) is 8.11. The molecular formula is C22H34O3S. The minimum absolute atomic E-state index is 0.0851. The largest absolute Gasteiger partial charge is 0.457 e. The van der Waals surface area contributed by atoms with E-state index in [1.165, 1.54) is 39.0 Å². The van der Waals surface area contributed by atoms with Crippen LogP contribution in [0.25, 0.3) is 0 Å². The predicted molar refractivity (Wildman–Crippen MR) is 106 cm³/mol. The molecule has 4 heteroatoms. The fourth-order valence-corrected chi connectivity index (χ4v) is 6.67. The van der Waals surface area contributed by atoms with Crippen molar-refractivity contribution in [3.8, 4) is 0 Å². The Morgan fingerprint density at radius 2 is 2.19 bits per heavy atom. The summed E-state index contributed by atoms with van der Waals surface area (Å²) in [4.78, 5) is 12.6. The first-order valence-electron chi connectivity index (χ1n) is 10.3. The second-order valence-electron chi connectivity index (χ2n) is 8.78. The number of rotatable bonds is 7. The molecule has 3 rings (SSSR count). The zero-order chi connectivity index (χ0) is 18.7. The van der Waals surface area contributed by atoms with Gasteiger partial charge in [0.1, 0.15) is 6.10 Å². The lowest BCUT2D eigenvalue weighted by atomic mass is 9.61. The Kier molecular flexibility index (Phi) is 6.45. The topological polar surface area (TPSA) is 46.5 Å². The predicted octanol–water partition coefficient (Wildman–Crippen LogP) is 5.74. The summed E-state index contributed by atoms with van der Waals surface area (Å²) >= 11 is 1.67. The van der Waals surface area contributed by atoms with Crippen LogP contribution in [0.1, 0.15) is 83.1 Å². The minimum Gasteiger partial charge on any atom is -0.457 e. The second kappa shape index (κ2) is 8.43. The third kappa shape index (κ3) is 4.17. The molecule has 2 unspecified atom stereocenters. The minimum atomic E-state index is -0.196. The molecule has 0 radical (unpaired) electrons. The normalized spacial score (nSPS) is 33.5. The summed E-state index contributed by atoms with van der Waals surface area (Å²) in [5, 5.41) is 12.5. The van der Waals surface area contributed by atoms with Crippen molar-refractivity contribution in [1.29, 1.82) is 0 Å². The van der Waals surface area contributed by atoms with Gasteiger partial charge < -0.3 is 9.84 Å². The molecule has 0 aliphatic heterocycles. The molecule has 0 amide bonds. The Labute approximate surface area is 162 Å². The van der Waals surface area contributed by atoms with Gasteiger partial charge >= 0.3 is 5.97 Å². The highest BCUT2D eigenvalue weighted by Crippen LogP contribution is 2.58. The molecule has 1 N–H and O–H groups in total. The van der Waals surface area contributed by atoms with Crippen molar-refractivity contribution in [1.82, 2.24) is 0 Å². The van der Waals surface area contributed by atoms with E-state index in [4.69, 9.17) is 4.74 Å². The smallest absolute Gasteiger partial charge is 0.303 e. The zero-order valence-corrected chi connectivity index (χ0v) is 17.3. The fraction of sp³-hybridized carbons (Fsp3) is 0.773. The van der Waals surface area contributed by atoms with Crippen LogP contribution in [0.3, 0.4) is 0 Å². The maximum atomic E-state index is 11.4.